The van der Waals surface area contributed by atoms with Gasteiger partial charge in [-0.1, -0.05) is 43.3 Å². The lowest BCUT2D eigenvalue weighted by molar-refractivity contribution is 0.00663. The average molecular weight is 296 g/mol. The topological polar surface area (TPSA) is 36.4 Å². The van der Waals surface area contributed by atoms with Gasteiger partial charge in [0.05, 0.1) is 5.69 Å². The maximum absolute atomic E-state index is 11.6. The lowest BCUT2D eigenvalue weighted by Crippen LogP contribution is -2.41. The second-order valence-electron chi connectivity index (χ2n) is 6.26. The normalized spacial score (nSPS) is 19.7. The molecule has 1 fully saturated rings. The molecule has 3 nitrogen and oxygen atoms in total. The Morgan fingerprint density at radius 1 is 1.09 bits per heavy atom. The van der Waals surface area contributed by atoms with Crippen LogP contribution in [0.5, 0.6) is 0 Å². The number of nitrogens with zero attached hydrogens (tertiary/aromatic N) is 2. The first-order valence-corrected chi connectivity index (χ1v) is 8.13. The van der Waals surface area contributed by atoms with Crippen molar-refractivity contribution in [2.75, 3.05) is 19.6 Å². The van der Waals surface area contributed by atoms with Crippen molar-refractivity contribution in [3.8, 4) is 0 Å². The highest BCUT2D eigenvalue weighted by Gasteiger charge is 2.39. The van der Waals surface area contributed by atoms with E-state index in [1.807, 2.05) is 48.5 Å². The molecule has 1 aliphatic heterocycles. The van der Waals surface area contributed by atoms with Crippen molar-refractivity contribution in [2.45, 2.75) is 25.4 Å². The summed E-state index contributed by atoms with van der Waals surface area (Å²) in [4.78, 5) is 6.90. The average Bonchev–Trinajstić information content (AvgIpc) is 3.08. The van der Waals surface area contributed by atoms with Crippen molar-refractivity contribution in [1.29, 1.82) is 0 Å². The van der Waals surface area contributed by atoms with Crippen LogP contribution in [0.1, 0.15) is 31.0 Å². The van der Waals surface area contributed by atoms with Gasteiger partial charge in [0, 0.05) is 18.7 Å². The zero-order valence-electron chi connectivity index (χ0n) is 13.2. The molecular weight excluding hydrogens is 272 g/mol. The maximum Gasteiger partial charge on any atom is 0.135 e. The minimum absolute atomic E-state index is 0.0721. The molecular formula is C19H24N2O. The minimum atomic E-state index is -1.05. The van der Waals surface area contributed by atoms with Crippen LogP contribution in [0.4, 0.5) is 0 Å². The van der Waals surface area contributed by atoms with Gasteiger partial charge in [-0.15, -0.1) is 0 Å². The first-order valence-electron chi connectivity index (χ1n) is 8.13. The SMILES string of the molecule is C[C@H](CN1CCCC1)[C@@](O)(c1ccccc1)c1ccccn1. The molecule has 22 heavy (non-hydrogen) atoms. The quantitative estimate of drug-likeness (QED) is 0.921. The van der Waals surface area contributed by atoms with Crippen LogP contribution in [0, 0.1) is 5.92 Å². The second-order valence-corrected chi connectivity index (χ2v) is 6.26. The Hall–Kier alpha value is -1.71. The van der Waals surface area contributed by atoms with Crippen LogP contribution < -0.4 is 0 Å². The zero-order valence-corrected chi connectivity index (χ0v) is 13.2. The fourth-order valence-corrected chi connectivity index (χ4v) is 3.45. The molecule has 1 N–H and O–H groups in total. The van der Waals surface area contributed by atoms with Crippen molar-refractivity contribution in [2.24, 2.45) is 5.92 Å². The van der Waals surface area contributed by atoms with E-state index >= 15 is 0 Å². The van der Waals surface area contributed by atoms with Gasteiger partial charge in [0.1, 0.15) is 5.60 Å². The number of aliphatic hydroxyl groups is 1. The molecule has 2 heterocycles. The van der Waals surface area contributed by atoms with Crippen LogP contribution in [0.25, 0.3) is 0 Å². The molecule has 3 heteroatoms. The third-order valence-electron chi connectivity index (χ3n) is 4.71. The summed E-state index contributed by atoms with van der Waals surface area (Å²) in [7, 11) is 0. The second kappa shape index (κ2) is 6.59. The smallest absolute Gasteiger partial charge is 0.135 e. The summed E-state index contributed by atoms with van der Waals surface area (Å²) < 4.78 is 0. The molecule has 0 aliphatic carbocycles. The third kappa shape index (κ3) is 2.92. The summed E-state index contributed by atoms with van der Waals surface area (Å²) in [5.41, 5.74) is 0.596. The van der Waals surface area contributed by atoms with E-state index in [-0.39, 0.29) is 5.92 Å². The number of rotatable bonds is 5. The van der Waals surface area contributed by atoms with Crippen LogP contribution in [0.2, 0.25) is 0 Å². The largest absolute Gasteiger partial charge is 0.378 e. The zero-order chi connectivity index (χ0) is 15.4. The van der Waals surface area contributed by atoms with E-state index in [1.165, 1.54) is 12.8 Å². The summed E-state index contributed by atoms with van der Waals surface area (Å²) in [5.74, 6) is 0.0721. The van der Waals surface area contributed by atoms with Crippen molar-refractivity contribution < 1.29 is 5.11 Å². The molecule has 3 rings (SSSR count). The van der Waals surface area contributed by atoms with E-state index in [2.05, 4.69) is 16.8 Å². The van der Waals surface area contributed by atoms with E-state index in [0.29, 0.717) is 0 Å². The van der Waals surface area contributed by atoms with Crippen LogP contribution >= 0.6 is 0 Å². The summed E-state index contributed by atoms with van der Waals surface area (Å²) in [6, 6.07) is 15.7. The Balaban J connectivity index is 1.95. The summed E-state index contributed by atoms with van der Waals surface area (Å²) in [5, 5.41) is 11.6. The van der Waals surface area contributed by atoms with Gasteiger partial charge in [-0.05, 0) is 43.6 Å². The van der Waals surface area contributed by atoms with E-state index in [4.69, 9.17) is 0 Å². The molecule has 0 spiro atoms. The van der Waals surface area contributed by atoms with E-state index < -0.39 is 5.60 Å². The molecule has 1 aliphatic rings. The number of hydrogen-bond acceptors (Lipinski definition) is 3. The fourth-order valence-electron chi connectivity index (χ4n) is 3.45. The molecule has 0 radical (unpaired) electrons. The highest BCUT2D eigenvalue weighted by atomic mass is 16.3. The Bertz CT molecular complexity index is 539. The Morgan fingerprint density at radius 3 is 2.41 bits per heavy atom. The fraction of sp³-hybridized carbons (Fsp3) is 0.421. The van der Waals surface area contributed by atoms with Crippen LogP contribution in [-0.4, -0.2) is 34.6 Å². The van der Waals surface area contributed by atoms with E-state index in [9.17, 15) is 5.11 Å². The van der Waals surface area contributed by atoms with Crippen LogP contribution in [-0.2, 0) is 5.60 Å². The van der Waals surface area contributed by atoms with Gasteiger partial charge in [-0.25, -0.2) is 0 Å². The van der Waals surface area contributed by atoms with Gasteiger partial charge >= 0.3 is 0 Å². The number of pyridine rings is 1. The Labute approximate surface area is 132 Å². The molecule has 0 bridgehead atoms. The number of hydrogen-bond donors (Lipinski definition) is 1. The number of aromatic nitrogens is 1. The van der Waals surface area contributed by atoms with Crippen LogP contribution in [0.15, 0.2) is 54.7 Å². The van der Waals surface area contributed by atoms with Crippen molar-refractivity contribution in [1.82, 2.24) is 9.88 Å². The predicted octanol–water partition coefficient (Wildman–Crippen LogP) is 3.05. The standard InChI is InChI=1S/C19H24N2O/c1-16(15-21-13-7-8-14-21)19(22,17-9-3-2-4-10-17)18-11-5-6-12-20-18/h2-6,9-12,16,22H,7-8,13-15H2,1H3/t16-,19-/m1/s1. The highest BCUT2D eigenvalue weighted by Crippen LogP contribution is 2.36. The molecule has 0 saturated carbocycles. The molecule has 1 saturated heterocycles. The summed E-state index contributed by atoms with van der Waals surface area (Å²) in [6.07, 6.45) is 4.28. The van der Waals surface area contributed by atoms with Gasteiger partial charge in [-0.2, -0.15) is 0 Å². The van der Waals surface area contributed by atoms with E-state index in [0.717, 1.165) is 30.9 Å². The minimum Gasteiger partial charge on any atom is -0.378 e. The molecule has 0 unspecified atom stereocenters. The van der Waals surface area contributed by atoms with Crippen molar-refractivity contribution in [3.63, 3.8) is 0 Å². The van der Waals surface area contributed by atoms with Gasteiger partial charge in [0.15, 0.2) is 0 Å². The number of likely N-dealkylation sites (tertiary alicyclic amines) is 1. The predicted molar refractivity (Wildman–Crippen MR) is 88.5 cm³/mol. The summed E-state index contributed by atoms with van der Waals surface area (Å²) >= 11 is 0. The monoisotopic (exact) mass is 296 g/mol. The van der Waals surface area contributed by atoms with Gasteiger partial charge in [-0.3, -0.25) is 4.98 Å². The first kappa shape index (κ1) is 15.2. The highest BCUT2D eigenvalue weighted by molar-refractivity contribution is 5.33. The lowest BCUT2D eigenvalue weighted by atomic mass is 9.79. The van der Waals surface area contributed by atoms with Gasteiger partial charge < -0.3 is 10.0 Å². The third-order valence-corrected chi connectivity index (χ3v) is 4.71. The molecule has 1 aromatic carbocycles. The molecule has 2 atom stereocenters. The van der Waals surface area contributed by atoms with Gasteiger partial charge in [0.2, 0.25) is 0 Å². The molecule has 1 aromatic heterocycles. The maximum atomic E-state index is 11.6. The van der Waals surface area contributed by atoms with Crippen molar-refractivity contribution in [3.05, 3.63) is 66.0 Å². The molecule has 0 amide bonds. The van der Waals surface area contributed by atoms with Gasteiger partial charge in [0.25, 0.3) is 0 Å². The van der Waals surface area contributed by atoms with Crippen molar-refractivity contribution >= 4 is 0 Å². The lowest BCUT2D eigenvalue weighted by Gasteiger charge is -2.36. The van der Waals surface area contributed by atoms with E-state index in [1.54, 1.807) is 6.20 Å². The Kier molecular flexibility index (Phi) is 4.55. The molecule has 116 valence electrons. The molecule has 2 aromatic rings. The number of benzene rings is 1. The summed E-state index contributed by atoms with van der Waals surface area (Å²) in [6.45, 7) is 5.29. The Morgan fingerprint density at radius 2 is 1.77 bits per heavy atom. The van der Waals surface area contributed by atoms with Crippen LogP contribution in [0.3, 0.4) is 0 Å². The first-order chi connectivity index (χ1) is 10.7.